The predicted octanol–water partition coefficient (Wildman–Crippen LogP) is 1.48. The van der Waals surface area contributed by atoms with Gasteiger partial charge in [0.1, 0.15) is 0 Å². The molecule has 0 fully saturated rings. The molecule has 0 unspecified atom stereocenters. The van der Waals surface area contributed by atoms with E-state index < -0.39 is 0 Å². The third-order valence-electron chi connectivity index (χ3n) is 2.92. The lowest BCUT2D eigenvalue weighted by atomic mass is 10.2. The Bertz CT molecular complexity index is 371. The van der Waals surface area contributed by atoms with Crippen molar-refractivity contribution in [2.45, 2.75) is 13.3 Å². The van der Waals surface area contributed by atoms with E-state index in [0.717, 1.165) is 31.6 Å². The lowest BCUT2D eigenvalue weighted by molar-refractivity contribution is 0.0925. The second kappa shape index (κ2) is 7.34. The summed E-state index contributed by atoms with van der Waals surface area (Å²) in [4.78, 5) is 16.5. The Morgan fingerprint density at radius 2 is 2.00 bits per heavy atom. The van der Waals surface area contributed by atoms with E-state index in [1.807, 2.05) is 30.1 Å². The number of likely N-dealkylation sites (N-methyl/N-ethyl adjacent to an activating group) is 1. The highest BCUT2D eigenvalue weighted by Crippen LogP contribution is 2.03. The Morgan fingerprint density at radius 1 is 1.28 bits per heavy atom. The fourth-order valence-corrected chi connectivity index (χ4v) is 1.89. The van der Waals surface area contributed by atoms with Gasteiger partial charge in [-0.2, -0.15) is 0 Å². The molecule has 0 aliphatic heterocycles. The molecule has 0 amide bonds. The average Bonchev–Trinajstić information content (AvgIpc) is 2.73. The lowest BCUT2D eigenvalue weighted by Crippen LogP contribution is -2.36. The molecule has 1 rings (SSSR count). The van der Waals surface area contributed by atoms with Crippen molar-refractivity contribution in [3.05, 3.63) is 24.0 Å². The third kappa shape index (κ3) is 5.02. The number of Topliss-reactive ketones (excluding diaryl/α,β-unsaturated/α-hetero) is 1. The molecule has 0 bridgehead atoms. The first-order chi connectivity index (χ1) is 8.52. The van der Waals surface area contributed by atoms with E-state index in [2.05, 4.69) is 30.8 Å². The molecule has 18 heavy (non-hydrogen) atoms. The number of hydrogen-bond donors (Lipinski definition) is 0. The van der Waals surface area contributed by atoms with Gasteiger partial charge in [0.2, 0.25) is 0 Å². The van der Waals surface area contributed by atoms with Gasteiger partial charge in [0.05, 0.1) is 6.54 Å². The average molecular weight is 251 g/mol. The summed E-state index contributed by atoms with van der Waals surface area (Å²) in [5, 5.41) is 0. The highest BCUT2D eigenvalue weighted by molar-refractivity contribution is 5.97. The summed E-state index contributed by atoms with van der Waals surface area (Å²) in [6.07, 6.45) is 4.88. The quantitative estimate of drug-likeness (QED) is 0.655. The van der Waals surface area contributed by atoms with Crippen molar-refractivity contribution >= 4 is 5.78 Å². The van der Waals surface area contributed by atoms with Crippen LogP contribution in [0.3, 0.4) is 0 Å². The standard InChI is InChI=1S/C14H25N3O/c1-5-7-17(10-9-15(2)3)12-14(18)13-6-8-16(4)11-13/h6,8,11H,5,7,9-10,12H2,1-4H3. The SMILES string of the molecule is CCCN(CCN(C)C)CC(=O)c1ccn(C)c1. The van der Waals surface area contributed by atoms with Crippen LogP contribution in [0.15, 0.2) is 18.5 Å². The number of carbonyl (C=O) groups is 1. The Labute approximate surface area is 110 Å². The molecule has 0 aliphatic carbocycles. The number of hydrogen-bond acceptors (Lipinski definition) is 3. The van der Waals surface area contributed by atoms with Gasteiger partial charge in [-0.3, -0.25) is 9.69 Å². The van der Waals surface area contributed by atoms with Gasteiger partial charge in [-0.1, -0.05) is 6.92 Å². The number of rotatable bonds is 8. The van der Waals surface area contributed by atoms with E-state index in [1.54, 1.807) is 0 Å². The smallest absolute Gasteiger partial charge is 0.178 e. The van der Waals surface area contributed by atoms with Crippen molar-refractivity contribution in [2.75, 3.05) is 40.3 Å². The summed E-state index contributed by atoms with van der Waals surface area (Å²) >= 11 is 0. The molecule has 0 atom stereocenters. The van der Waals surface area contributed by atoms with Crippen LogP contribution in [-0.2, 0) is 7.05 Å². The summed E-state index contributed by atoms with van der Waals surface area (Å²) < 4.78 is 1.91. The van der Waals surface area contributed by atoms with Gasteiger partial charge in [-0.05, 0) is 33.1 Å². The van der Waals surface area contributed by atoms with Crippen molar-refractivity contribution in [1.82, 2.24) is 14.4 Å². The molecule has 0 N–H and O–H groups in total. The first-order valence-electron chi connectivity index (χ1n) is 6.55. The van der Waals surface area contributed by atoms with Crippen molar-refractivity contribution in [3.63, 3.8) is 0 Å². The van der Waals surface area contributed by atoms with Crippen molar-refractivity contribution < 1.29 is 4.79 Å². The zero-order valence-electron chi connectivity index (χ0n) is 12.0. The van der Waals surface area contributed by atoms with Crippen LogP contribution in [0.2, 0.25) is 0 Å². The predicted molar refractivity (Wildman–Crippen MR) is 75.0 cm³/mol. The monoisotopic (exact) mass is 251 g/mol. The zero-order chi connectivity index (χ0) is 13.5. The van der Waals surface area contributed by atoms with E-state index in [-0.39, 0.29) is 5.78 Å². The molecule has 1 heterocycles. The zero-order valence-corrected chi connectivity index (χ0v) is 12.0. The maximum Gasteiger partial charge on any atom is 0.178 e. The molecule has 4 nitrogen and oxygen atoms in total. The third-order valence-corrected chi connectivity index (χ3v) is 2.92. The van der Waals surface area contributed by atoms with Gasteiger partial charge >= 0.3 is 0 Å². The van der Waals surface area contributed by atoms with Crippen LogP contribution in [0, 0.1) is 0 Å². The Kier molecular flexibility index (Phi) is 6.09. The number of carbonyl (C=O) groups excluding carboxylic acids is 1. The highest BCUT2D eigenvalue weighted by atomic mass is 16.1. The topological polar surface area (TPSA) is 28.5 Å². The maximum atomic E-state index is 12.1. The van der Waals surface area contributed by atoms with E-state index in [4.69, 9.17) is 0 Å². The van der Waals surface area contributed by atoms with E-state index in [0.29, 0.717) is 6.54 Å². The Morgan fingerprint density at radius 3 is 2.50 bits per heavy atom. The van der Waals surface area contributed by atoms with Crippen molar-refractivity contribution in [2.24, 2.45) is 7.05 Å². The van der Waals surface area contributed by atoms with Gasteiger partial charge in [0, 0.05) is 38.1 Å². The Balaban J connectivity index is 2.51. The first-order valence-corrected chi connectivity index (χ1v) is 6.55. The minimum atomic E-state index is 0.211. The normalized spacial score (nSPS) is 11.4. The van der Waals surface area contributed by atoms with Crippen molar-refractivity contribution in [3.8, 4) is 0 Å². The first kappa shape index (κ1) is 14.9. The molecule has 0 aromatic carbocycles. The Hall–Kier alpha value is -1.13. The molecule has 1 aromatic rings. The summed E-state index contributed by atoms with van der Waals surface area (Å²) in [6, 6.07) is 1.89. The van der Waals surface area contributed by atoms with Gasteiger partial charge in [0.25, 0.3) is 0 Å². The summed E-state index contributed by atoms with van der Waals surface area (Å²) in [7, 11) is 6.05. The number of aromatic nitrogens is 1. The van der Waals surface area contributed by atoms with Crippen LogP contribution in [0.25, 0.3) is 0 Å². The molecule has 0 radical (unpaired) electrons. The minimum Gasteiger partial charge on any atom is -0.357 e. The van der Waals surface area contributed by atoms with Gasteiger partial charge in [0.15, 0.2) is 5.78 Å². The van der Waals surface area contributed by atoms with Crippen LogP contribution >= 0.6 is 0 Å². The summed E-state index contributed by atoms with van der Waals surface area (Å²) in [5.74, 6) is 0.211. The maximum absolute atomic E-state index is 12.1. The van der Waals surface area contributed by atoms with E-state index >= 15 is 0 Å². The fourth-order valence-electron chi connectivity index (χ4n) is 1.89. The van der Waals surface area contributed by atoms with E-state index in [1.165, 1.54) is 0 Å². The molecule has 1 aromatic heterocycles. The van der Waals surface area contributed by atoms with Crippen LogP contribution in [0.4, 0.5) is 0 Å². The van der Waals surface area contributed by atoms with Crippen LogP contribution in [0.5, 0.6) is 0 Å². The molecule has 0 aliphatic rings. The molecule has 0 saturated carbocycles. The highest BCUT2D eigenvalue weighted by Gasteiger charge is 2.12. The number of ketones is 1. The number of nitrogens with zero attached hydrogens (tertiary/aromatic N) is 3. The van der Waals surface area contributed by atoms with Crippen LogP contribution in [0.1, 0.15) is 23.7 Å². The number of aryl methyl sites for hydroxylation is 1. The minimum absolute atomic E-state index is 0.211. The second-order valence-electron chi connectivity index (χ2n) is 5.07. The molecular weight excluding hydrogens is 226 g/mol. The van der Waals surface area contributed by atoms with Crippen LogP contribution < -0.4 is 0 Å². The summed E-state index contributed by atoms with van der Waals surface area (Å²) in [5.41, 5.74) is 0.809. The molecule has 0 spiro atoms. The summed E-state index contributed by atoms with van der Waals surface area (Å²) in [6.45, 7) is 5.58. The van der Waals surface area contributed by atoms with Crippen molar-refractivity contribution in [1.29, 1.82) is 0 Å². The van der Waals surface area contributed by atoms with Crippen LogP contribution in [-0.4, -0.2) is 60.4 Å². The lowest BCUT2D eigenvalue weighted by Gasteiger charge is -2.22. The van der Waals surface area contributed by atoms with Gasteiger partial charge in [-0.15, -0.1) is 0 Å². The second-order valence-corrected chi connectivity index (χ2v) is 5.07. The fraction of sp³-hybridized carbons (Fsp3) is 0.643. The molecule has 0 saturated heterocycles. The largest absolute Gasteiger partial charge is 0.357 e. The molecule has 4 heteroatoms. The van der Waals surface area contributed by atoms with Gasteiger partial charge < -0.3 is 9.47 Å². The van der Waals surface area contributed by atoms with Gasteiger partial charge in [-0.25, -0.2) is 0 Å². The molecular formula is C14H25N3O. The molecule has 102 valence electrons. The van der Waals surface area contributed by atoms with E-state index in [9.17, 15) is 4.79 Å².